The van der Waals surface area contributed by atoms with Crippen molar-refractivity contribution in [3.63, 3.8) is 0 Å². The van der Waals surface area contributed by atoms with Crippen molar-refractivity contribution in [2.24, 2.45) is 11.8 Å². The van der Waals surface area contributed by atoms with Crippen molar-refractivity contribution in [1.82, 2.24) is 31.1 Å². The number of nitrogens with zero attached hydrogens (tertiary/aromatic N) is 3. The van der Waals surface area contributed by atoms with Crippen LogP contribution in [0.15, 0.2) is 36.5 Å². The Morgan fingerprint density at radius 1 is 1.12 bits per heavy atom. The van der Waals surface area contributed by atoms with Gasteiger partial charge in [-0.05, 0) is 92.9 Å². The summed E-state index contributed by atoms with van der Waals surface area (Å²) in [5.41, 5.74) is 9.48. The maximum atomic E-state index is 15.2. The van der Waals surface area contributed by atoms with Crippen LogP contribution in [0.2, 0.25) is 18.1 Å². The molecule has 1 saturated carbocycles. The van der Waals surface area contributed by atoms with Gasteiger partial charge in [0, 0.05) is 48.5 Å². The van der Waals surface area contributed by atoms with Gasteiger partial charge in [0.15, 0.2) is 8.32 Å². The molecule has 0 bridgehead atoms. The van der Waals surface area contributed by atoms with Crippen LogP contribution >= 0.6 is 0 Å². The zero-order valence-electron chi connectivity index (χ0n) is 30.6. The molecule has 1 aliphatic carbocycles. The van der Waals surface area contributed by atoms with E-state index in [1.807, 2.05) is 24.1 Å². The number of hydroxylamine groups is 2. The number of likely N-dealkylation sites (tertiary alicyclic amines) is 1. The molecule has 1 aromatic heterocycles. The predicted octanol–water partition coefficient (Wildman–Crippen LogP) is 4.79. The second-order valence-electron chi connectivity index (χ2n) is 16.1. The third-order valence-corrected chi connectivity index (χ3v) is 16.2. The third kappa shape index (κ3) is 7.92. The standard InChI is InChI=1S/C37H55FN6O5Si/c1-23-17-24(15-16-39-23)34-28-18-25(11-13-31(28)41-42-34)35(45)40-26-12-14-32(43(19-26)21-29-30(38)9-8-10-33(29)47-5)36(46)44-20-27(22-48-44)49-50(6,7)37(2,3)4/h8-10,15-17,25-28,31-32,34,41-42H,11-14,18-22H2,1-7H3,(H,40,45)/t25?,26-,27?,28?,31?,32+,34?/m1/s1. The largest absolute Gasteiger partial charge is 0.496 e. The van der Waals surface area contributed by atoms with E-state index in [2.05, 4.69) is 61.1 Å². The quantitative estimate of drug-likeness (QED) is 0.316. The van der Waals surface area contributed by atoms with E-state index in [9.17, 15) is 9.59 Å². The van der Waals surface area contributed by atoms with Crippen molar-refractivity contribution in [2.75, 3.05) is 26.8 Å². The number of ether oxygens (including phenoxy) is 1. The van der Waals surface area contributed by atoms with Gasteiger partial charge in [-0.1, -0.05) is 26.8 Å². The Hall–Kier alpha value is -2.94. The first-order valence-corrected chi connectivity index (χ1v) is 21.1. The number of hydrogen-bond donors (Lipinski definition) is 3. The van der Waals surface area contributed by atoms with Gasteiger partial charge in [0.2, 0.25) is 5.91 Å². The van der Waals surface area contributed by atoms with Crippen LogP contribution in [0, 0.1) is 24.6 Å². The van der Waals surface area contributed by atoms with Crippen LogP contribution in [-0.2, 0) is 25.4 Å². The third-order valence-electron chi connectivity index (χ3n) is 11.7. The number of methoxy groups -OCH3 is 1. The smallest absolute Gasteiger partial charge is 0.263 e. The van der Waals surface area contributed by atoms with Crippen molar-refractivity contribution >= 4 is 20.1 Å². The lowest BCUT2D eigenvalue weighted by molar-refractivity contribution is -0.176. The number of aromatic nitrogens is 1. The molecule has 11 nitrogen and oxygen atoms in total. The highest BCUT2D eigenvalue weighted by molar-refractivity contribution is 6.74. The maximum absolute atomic E-state index is 15.2. The van der Waals surface area contributed by atoms with Crippen molar-refractivity contribution < 1.29 is 28.0 Å². The van der Waals surface area contributed by atoms with E-state index in [1.165, 1.54) is 23.8 Å². The second kappa shape index (κ2) is 15.0. The zero-order valence-corrected chi connectivity index (χ0v) is 31.6. The minimum atomic E-state index is -2.06. The van der Waals surface area contributed by atoms with Gasteiger partial charge in [0.25, 0.3) is 5.91 Å². The fraction of sp³-hybridized carbons (Fsp3) is 0.649. The average Bonchev–Trinajstić information content (AvgIpc) is 3.71. The Kier molecular flexibility index (Phi) is 11.0. The summed E-state index contributed by atoms with van der Waals surface area (Å²) >= 11 is 0. The molecule has 50 heavy (non-hydrogen) atoms. The van der Waals surface area contributed by atoms with Crippen LogP contribution in [0.25, 0.3) is 0 Å². The van der Waals surface area contributed by atoms with Crippen molar-refractivity contribution in [1.29, 1.82) is 0 Å². The summed E-state index contributed by atoms with van der Waals surface area (Å²) in [6, 6.07) is 8.61. The average molecular weight is 711 g/mol. The van der Waals surface area contributed by atoms with Gasteiger partial charge in [-0.15, -0.1) is 0 Å². The first-order valence-electron chi connectivity index (χ1n) is 18.2. The van der Waals surface area contributed by atoms with Gasteiger partial charge < -0.3 is 14.5 Å². The number of aryl methyl sites for hydroxylation is 1. The summed E-state index contributed by atoms with van der Waals surface area (Å²) in [5, 5.41) is 4.81. The lowest BCUT2D eigenvalue weighted by atomic mass is 9.74. The molecule has 2 aromatic rings. The molecule has 3 N–H and O–H groups in total. The number of hydrogen-bond acceptors (Lipinski definition) is 9. The normalized spacial score (nSPS) is 29.1. The summed E-state index contributed by atoms with van der Waals surface area (Å²) in [6.07, 6.45) is 5.26. The van der Waals surface area contributed by atoms with Crippen LogP contribution < -0.4 is 20.9 Å². The minimum Gasteiger partial charge on any atom is -0.496 e. The summed E-state index contributed by atoms with van der Waals surface area (Å²) in [6.45, 7) is 14.2. The van der Waals surface area contributed by atoms with Gasteiger partial charge in [-0.3, -0.25) is 29.7 Å². The van der Waals surface area contributed by atoms with Gasteiger partial charge in [0.1, 0.15) is 18.2 Å². The summed E-state index contributed by atoms with van der Waals surface area (Å²) in [7, 11) is -0.540. The van der Waals surface area contributed by atoms with Crippen LogP contribution in [0.4, 0.5) is 4.39 Å². The van der Waals surface area contributed by atoms with E-state index in [1.54, 1.807) is 12.1 Å². The van der Waals surface area contributed by atoms with Crippen LogP contribution in [0.5, 0.6) is 5.75 Å². The van der Waals surface area contributed by atoms with Crippen molar-refractivity contribution in [3.8, 4) is 5.75 Å². The monoisotopic (exact) mass is 710 g/mol. The number of carbonyl (C=O) groups is 2. The SMILES string of the molecule is COc1cccc(F)c1CN1C[C@H](NC(=O)C2CCC3NNC(c4ccnc(C)c4)C3C2)CC[C@H]1C(=O)N1CC(O[Si](C)(C)C(C)(C)C)CO1. The lowest BCUT2D eigenvalue weighted by Gasteiger charge is -2.41. The Bertz CT molecular complexity index is 1540. The fourth-order valence-electron chi connectivity index (χ4n) is 7.86. The minimum absolute atomic E-state index is 0.0352. The van der Waals surface area contributed by atoms with E-state index in [-0.39, 0.29) is 53.4 Å². The number of benzene rings is 1. The molecule has 0 radical (unpaired) electrons. The molecule has 274 valence electrons. The van der Waals surface area contributed by atoms with Crippen LogP contribution in [-0.4, -0.2) is 86.1 Å². The molecule has 0 spiro atoms. The molecule has 4 aliphatic rings. The number of amides is 2. The number of fused-ring (bicyclic) bond motifs is 1. The van der Waals surface area contributed by atoms with E-state index in [0.29, 0.717) is 49.9 Å². The second-order valence-corrected chi connectivity index (χ2v) is 20.9. The Morgan fingerprint density at radius 3 is 2.66 bits per heavy atom. The highest BCUT2D eigenvalue weighted by Gasteiger charge is 2.46. The molecule has 6 rings (SSSR count). The Morgan fingerprint density at radius 2 is 1.92 bits per heavy atom. The number of hydrazine groups is 1. The molecule has 1 aromatic carbocycles. The molecular formula is C37H55FN6O5Si. The summed E-state index contributed by atoms with van der Waals surface area (Å²) in [4.78, 5) is 40.2. The highest BCUT2D eigenvalue weighted by Crippen LogP contribution is 2.41. The maximum Gasteiger partial charge on any atom is 0.263 e. The number of rotatable bonds is 9. The first-order chi connectivity index (χ1) is 23.7. The van der Waals surface area contributed by atoms with Gasteiger partial charge in [0.05, 0.1) is 31.8 Å². The fourth-order valence-corrected chi connectivity index (χ4v) is 9.19. The highest BCUT2D eigenvalue weighted by atomic mass is 28.4. The number of nitrogens with one attached hydrogen (secondary N) is 3. The van der Waals surface area contributed by atoms with E-state index in [4.69, 9.17) is 14.0 Å². The van der Waals surface area contributed by atoms with Gasteiger partial charge in [-0.25, -0.2) is 14.9 Å². The first kappa shape index (κ1) is 36.8. The van der Waals surface area contributed by atoms with E-state index < -0.39 is 20.2 Å². The number of piperidine rings is 1. The van der Waals surface area contributed by atoms with Gasteiger partial charge >= 0.3 is 0 Å². The molecule has 13 heteroatoms. The molecule has 5 unspecified atom stereocenters. The Labute approximate surface area is 297 Å². The zero-order chi connectivity index (χ0) is 35.8. The predicted molar refractivity (Wildman–Crippen MR) is 191 cm³/mol. The number of halogens is 1. The molecular weight excluding hydrogens is 656 g/mol. The molecule has 3 aliphatic heterocycles. The number of carbonyl (C=O) groups excluding carboxylic acids is 2. The van der Waals surface area contributed by atoms with Crippen molar-refractivity contribution in [3.05, 3.63) is 59.2 Å². The molecule has 4 fully saturated rings. The van der Waals surface area contributed by atoms with Crippen LogP contribution in [0.3, 0.4) is 0 Å². The molecule has 2 amide bonds. The molecule has 4 heterocycles. The Balaban J connectivity index is 1.13. The lowest BCUT2D eigenvalue weighted by Crippen LogP contribution is -2.57. The van der Waals surface area contributed by atoms with E-state index in [0.717, 1.165) is 25.0 Å². The topological polar surface area (TPSA) is 117 Å². The van der Waals surface area contributed by atoms with Gasteiger partial charge in [-0.2, -0.15) is 0 Å². The van der Waals surface area contributed by atoms with Crippen LogP contribution in [0.1, 0.15) is 75.7 Å². The van der Waals surface area contributed by atoms with E-state index >= 15 is 4.39 Å². The molecule has 3 saturated heterocycles. The number of pyridine rings is 1. The summed E-state index contributed by atoms with van der Waals surface area (Å²) < 4.78 is 27.3. The summed E-state index contributed by atoms with van der Waals surface area (Å²) in [5.74, 6) is 0.0897. The molecule has 7 atom stereocenters. The van der Waals surface area contributed by atoms with Crippen molar-refractivity contribution in [2.45, 2.75) is 115 Å².